The van der Waals surface area contributed by atoms with E-state index in [-0.39, 0.29) is 36.1 Å². The van der Waals surface area contributed by atoms with Crippen molar-refractivity contribution >= 4 is 34.3 Å². The van der Waals surface area contributed by atoms with Crippen molar-refractivity contribution in [2.75, 3.05) is 12.4 Å². The lowest BCUT2D eigenvalue weighted by atomic mass is 9.97. The monoisotopic (exact) mass is 632 g/mol. The molecule has 11 heteroatoms. The van der Waals surface area contributed by atoms with Crippen molar-refractivity contribution in [3.8, 4) is 17.3 Å². The van der Waals surface area contributed by atoms with Crippen molar-refractivity contribution in [2.45, 2.75) is 76.7 Å². The molecule has 3 fully saturated rings. The molecule has 1 saturated carbocycles. The minimum Gasteiger partial charge on any atom is -0.482 e. The van der Waals surface area contributed by atoms with E-state index in [0.29, 0.717) is 23.0 Å². The molecule has 2 aliphatic heterocycles. The zero-order chi connectivity index (χ0) is 32.4. The second-order valence-electron chi connectivity index (χ2n) is 13.4. The lowest BCUT2D eigenvalue weighted by Gasteiger charge is -2.23. The van der Waals surface area contributed by atoms with Gasteiger partial charge < -0.3 is 30.6 Å². The van der Waals surface area contributed by atoms with Crippen molar-refractivity contribution in [2.24, 2.45) is 11.7 Å². The number of nitrogens with two attached hydrogens (primary N) is 1. The van der Waals surface area contributed by atoms with Crippen molar-refractivity contribution in [1.82, 2.24) is 29.2 Å². The van der Waals surface area contributed by atoms with Crippen molar-refractivity contribution < 1.29 is 14.3 Å². The first-order chi connectivity index (χ1) is 22.8. The van der Waals surface area contributed by atoms with Crippen LogP contribution in [-0.2, 0) is 6.54 Å². The van der Waals surface area contributed by atoms with Gasteiger partial charge in [-0.3, -0.25) is 9.20 Å². The maximum absolute atomic E-state index is 13.8. The summed E-state index contributed by atoms with van der Waals surface area (Å²) in [6.07, 6.45) is 5.19. The Balaban J connectivity index is 1.15. The van der Waals surface area contributed by atoms with Crippen LogP contribution < -0.4 is 21.1 Å². The number of anilines is 1. The molecule has 0 unspecified atom stereocenters. The highest BCUT2D eigenvalue weighted by Crippen LogP contribution is 2.40. The lowest BCUT2D eigenvalue weighted by Crippen LogP contribution is -2.40. The molecular weight excluding hydrogens is 592 g/mol. The fraction of sp³-hybridized carbons (Fsp3) is 0.389. The van der Waals surface area contributed by atoms with Gasteiger partial charge in [0.1, 0.15) is 17.0 Å². The Hall–Kier alpha value is -4.90. The SMILES string of the molecule is COc1cc(C(=O)N2[C@H]3CC[C@@H]2[C@H](N)C3)cc2nc(-c3cc4ccc([C@@H](C)NC(=O)Nc5ccccc5)nc4n3CC3CC3)c(C)n12. The van der Waals surface area contributed by atoms with Gasteiger partial charge in [0, 0.05) is 47.4 Å². The number of carbonyl (C=O) groups is 2. The average molecular weight is 633 g/mol. The molecule has 2 bridgehead atoms. The Morgan fingerprint density at radius 1 is 1.04 bits per heavy atom. The molecule has 242 valence electrons. The molecule has 3 aliphatic rings. The fourth-order valence-electron chi connectivity index (χ4n) is 7.58. The summed E-state index contributed by atoms with van der Waals surface area (Å²) in [6, 6.07) is 19.0. The first-order valence-electron chi connectivity index (χ1n) is 16.6. The molecule has 11 nitrogen and oxygen atoms in total. The molecule has 0 spiro atoms. The number of benzene rings is 1. The third-order valence-electron chi connectivity index (χ3n) is 10.2. The van der Waals surface area contributed by atoms with E-state index in [1.807, 2.05) is 71.7 Å². The number of ether oxygens (including phenoxy) is 1. The smallest absolute Gasteiger partial charge is 0.319 e. The molecule has 5 aromatic rings. The third kappa shape index (κ3) is 5.18. The molecule has 0 radical (unpaired) electrons. The van der Waals surface area contributed by atoms with E-state index >= 15 is 0 Å². The van der Waals surface area contributed by atoms with Crippen molar-refractivity contribution in [3.05, 3.63) is 77.6 Å². The van der Waals surface area contributed by atoms with Crippen LogP contribution in [-0.4, -0.2) is 61.0 Å². The Bertz CT molecular complexity index is 2010. The highest BCUT2D eigenvalue weighted by atomic mass is 16.5. The number of methoxy groups -OCH3 is 1. The van der Waals surface area contributed by atoms with Crippen LogP contribution in [0.5, 0.6) is 5.88 Å². The maximum Gasteiger partial charge on any atom is 0.319 e. The van der Waals surface area contributed by atoms with Gasteiger partial charge in [0.15, 0.2) is 5.88 Å². The highest BCUT2D eigenvalue weighted by Gasteiger charge is 2.47. The number of nitrogens with one attached hydrogen (secondary N) is 2. The number of pyridine rings is 2. The van der Waals surface area contributed by atoms with Crippen LogP contribution in [0.25, 0.3) is 28.1 Å². The molecule has 4 atom stereocenters. The van der Waals surface area contributed by atoms with Crippen LogP contribution >= 0.6 is 0 Å². The first-order valence-corrected chi connectivity index (χ1v) is 16.6. The zero-order valence-corrected chi connectivity index (χ0v) is 26.9. The summed E-state index contributed by atoms with van der Waals surface area (Å²) in [5.74, 6) is 1.14. The molecule has 1 aliphatic carbocycles. The Labute approximate surface area is 273 Å². The second kappa shape index (κ2) is 11.4. The number of aromatic nitrogens is 4. The molecule has 8 rings (SSSR count). The van der Waals surface area contributed by atoms with E-state index in [1.54, 1.807) is 7.11 Å². The summed E-state index contributed by atoms with van der Waals surface area (Å²) in [5.41, 5.74) is 12.7. The van der Waals surface area contributed by atoms with Gasteiger partial charge in [-0.2, -0.15) is 0 Å². The van der Waals surface area contributed by atoms with Crippen LogP contribution in [0.1, 0.15) is 66.8 Å². The Kier molecular flexibility index (Phi) is 7.16. The molecule has 2 saturated heterocycles. The van der Waals surface area contributed by atoms with Crippen LogP contribution in [0.4, 0.5) is 10.5 Å². The number of carbonyl (C=O) groups excluding carboxylic acids is 2. The summed E-state index contributed by atoms with van der Waals surface area (Å²) in [6.45, 7) is 4.80. The number of hydrogen-bond acceptors (Lipinski definition) is 6. The molecular formula is C36H40N8O3. The molecule has 3 amide bonds. The predicted molar refractivity (Wildman–Crippen MR) is 181 cm³/mol. The van der Waals surface area contributed by atoms with E-state index in [1.165, 1.54) is 12.8 Å². The van der Waals surface area contributed by atoms with E-state index in [0.717, 1.165) is 65.3 Å². The largest absolute Gasteiger partial charge is 0.482 e. The molecule has 4 aromatic heterocycles. The van der Waals surface area contributed by atoms with Gasteiger partial charge in [-0.15, -0.1) is 0 Å². The fourth-order valence-corrected chi connectivity index (χ4v) is 7.58. The van der Waals surface area contributed by atoms with Gasteiger partial charge in [0.05, 0.1) is 30.2 Å². The summed E-state index contributed by atoms with van der Waals surface area (Å²) < 4.78 is 10.1. The lowest BCUT2D eigenvalue weighted by molar-refractivity contribution is 0.0726. The van der Waals surface area contributed by atoms with Crippen LogP contribution in [0.2, 0.25) is 0 Å². The number of hydrogen-bond donors (Lipinski definition) is 3. The topological polar surface area (TPSA) is 132 Å². The normalized spacial score (nSPS) is 21.0. The number of urea groups is 1. The molecule has 1 aromatic carbocycles. The van der Waals surface area contributed by atoms with E-state index in [2.05, 4.69) is 27.3 Å². The number of imidazole rings is 1. The summed E-state index contributed by atoms with van der Waals surface area (Å²) in [5, 5.41) is 6.90. The van der Waals surface area contributed by atoms with Crippen molar-refractivity contribution in [3.63, 3.8) is 0 Å². The van der Waals surface area contributed by atoms with Gasteiger partial charge in [0.2, 0.25) is 0 Å². The average Bonchev–Trinajstić information content (AvgIpc) is 3.39. The van der Waals surface area contributed by atoms with Crippen LogP contribution in [0.15, 0.2) is 60.7 Å². The number of fused-ring (bicyclic) bond motifs is 4. The maximum atomic E-state index is 13.8. The van der Waals surface area contributed by atoms with Crippen LogP contribution in [0.3, 0.4) is 0 Å². The van der Waals surface area contributed by atoms with Crippen LogP contribution in [0, 0.1) is 12.8 Å². The van der Waals surface area contributed by atoms with Crippen molar-refractivity contribution in [1.29, 1.82) is 0 Å². The summed E-state index contributed by atoms with van der Waals surface area (Å²) in [7, 11) is 1.63. The van der Waals surface area contributed by atoms with E-state index in [9.17, 15) is 9.59 Å². The first kappa shape index (κ1) is 29.5. The number of para-hydroxylation sites is 1. The third-order valence-corrected chi connectivity index (χ3v) is 10.2. The molecule has 47 heavy (non-hydrogen) atoms. The molecule has 6 heterocycles. The van der Waals surface area contributed by atoms with Gasteiger partial charge in [-0.25, -0.2) is 14.8 Å². The summed E-state index contributed by atoms with van der Waals surface area (Å²) in [4.78, 5) is 38.7. The Morgan fingerprint density at radius 3 is 2.55 bits per heavy atom. The number of nitrogens with zero attached hydrogens (tertiary/aromatic N) is 5. The second-order valence-corrected chi connectivity index (χ2v) is 13.4. The highest BCUT2D eigenvalue weighted by molar-refractivity contribution is 5.97. The van der Waals surface area contributed by atoms with E-state index < -0.39 is 0 Å². The van der Waals surface area contributed by atoms with Gasteiger partial charge in [-0.05, 0) is 88.3 Å². The summed E-state index contributed by atoms with van der Waals surface area (Å²) >= 11 is 0. The van der Waals surface area contributed by atoms with Gasteiger partial charge in [0.25, 0.3) is 5.91 Å². The quantitative estimate of drug-likeness (QED) is 0.202. The van der Waals surface area contributed by atoms with E-state index in [4.69, 9.17) is 20.4 Å². The van der Waals surface area contributed by atoms with Gasteiger partial charge >= 0.3 is 6.03 Å². The molecule has 4 N–H and O–H groups in total. The number of amides is 3. The Morgan fingerprint density at radius 2 is 1.85 bits per heavy atom. The standard InChI is InChI=1S/C36H40N8O3/c1-20(38-36(46)39-25-7-5-4-6-8-25)28-13-11-23-15-30(42(34(23)40-28)19-22-9-10-22)33-21(2)43-31(41-33)16-24(17-32(43)47-3)35(45)44-26-12-14-29(44)27(37)18-26/h4-8,11,13,15-17,20,22,26-27,29H,9-10,12,14,18-19,37H2,1-3H3,(H2,38,39,46)/t20-,26+,27-,29-/m1/s1. The van der Waals surface area contributed by atoms with Gasteiger partial charge in [-0.1, -0.05) is 18.2 Å². The minimum atomic E-state index is -0.312. The predicted octanol–water partition coefficient (Wildman–Crippen LogP) is 5.66. The zero-order valence-electron chi connectivity index (χ0n) is 26.9. The number of rotatable bonds is 8. The minimum absolute atomic E-state index is 0.00629. The number of aryl methyl sites for hydroxylation is 1.